The number of fused-ring (bicyclic) bond motifs is 1. The van der Waals surface area contributed by atoms with E-state index < -0.39 is 11.8 Å². The quantitative estimate of drug-likeness (QED) is 0.243. The Kier molecular flexibility index (Phi) is 7.49. The third kappa shape index (κ3) is 5.63. The van der Waals surface area contributed by atoms with Gasteiger partial charge in [-0.3, -0.25) is 4.79 Å². The molecule has 0 amide bonds. The number of pyridine rings is 2. The maximum Gasteiger partial charge on any atom is 0.354 e. The Bertz CT molecular complexity index is 1880. The molecule has 1 atom stereocenters. The van der Waals surface area contributed by atoms with Crippen LogP contribution in [0, 0.1) is 12.7 Å². The van der Waals surface area contributed by atoms with Crippen molar-refractivity contribution >= 4 is 28.7 Å². The highest BCUT2D eigenvalue weighted by molar-refractivity contribution is 6.30. The monoisotopic (exact) mass is 588 g/mol. The average Bonchev–Trinajstić information content (AvgIpc) is 3.26. The third-order valence-electron chi connectivity index (χ3n) is 7.26. The van der Waals surface area contributed by atoms with E-state index in [9.17, 15) is 19.1 Å². The Morgan fingerprint density at radius 2 is 1.95 bits per heavy atom. The number of imidazole rings is 1. The molecule has 0 radical (unpaired) electrons. The number of carboxylic acids is 1. The normalized spacial score (nSPS) is 14.6. The lowest BCUT2D eigenvalue weighted by Crippen LogP contribution is -2.32. The fourth-order valence-electron chi connectivity index (χ4n) is 4.89. The number of nitrogens with zero attached hydrogens (tertiary/aromatic N) is 4. The molecule has 6 rings (SSSR count). The summed E-state index contributed by atoms with van der Waals surface area (Å²) in [4.78, 5) is 34.0. The SMILES string of the molecule is Cc1cc2nc(Cn3ccc(-c4cccc(OCc5ccc(Cl)cc5F)c4)cc3=O)n(C[C@@H]3CCO3)c2nc1C(=O)O. The number of aromatic nitrogens is 4. The van der Waals surface area contributed by atoms with Crippen LogP contribution >= 0.6 is 11.6 Å². The lowest BCUT2D eigenvalue weighted by Gasteiger charge is -2.27. The first kappa shape index (κ1) is 27.6. The first-order valence-corrected chi connectivity index (χ1v) is 13.7. The minimum absolute atomic E-state index is 0.0256. The minimum atomic E-state index is -1.11. The van der Waals surface area contributed by atoms with Gasteiger partial charge in [-0.2, -0.15) is 0 Å². The molecule has 214 valence electrons. The van der Waals surface area contributed by atoms with E-state index in [1.54, 1.807) is 49.5 Å². The summed E-state index contributed by atoms with van der Waals surface area (Å²) in [5.41, 5.74) is 3.09. The van der Waals surface area contributed by atoms with Crippen LogP contribution in [0.4, 0.5) is 4.39 Å². The second-order valence-corrected chi connectivity index (χ2v) is 10.6. The van der Waals surface area contributed by atoms with E-state index in [4.69, 9.17) is 26.1 Å². The number of hydrogen-bond donors (Lipinski definition) is 1. The predicted octanol–water partition coefficient (Wildman–Crippen LogP) is 5.48. The lowest BCUT2D eigenvalue weighted by atomic mass is 10.1. The van der Waals surface area contributed by atoms with Crippen LogP contribution in [0.25, 0.3) is 22.3 Å². The average molecular weight is 589 g/mol. The summed E-state index contributed by atoms with van der Waals surface area (Å²) in [7, 11) is 0. The van der Waals surface area contributed by atoms with Crippen molar-refractivity contribution in [2.75, 3.05) is 6.61 Å². The van der Waals surface area contributed by atoms with Gasteiger partial charge in [0.1, 0.15) is 29.5 Å². The Morgan fingerprint density at radius 1 is 1.14 bits per heavy atom. The van der Waals surface area contributed by atoms with Crippen LogP contribution in [-0.4, -0.2) is 42.9 Å². The van der Waals surface area contributed by atoms with Crippen molar-refractivity contribution < 1.29 is 23.8 Å². The summed E-state index contributed by atoms with van der Waals surface area (Å²) in [6.45, 7) is 3.01. The van der Waals surface area contributed by atoms with Crippen molar-refractivity contribution in [3.63, 3.8) is 0 Å². The summed E-state index contributed by atoms with van der Waals surface area (Å²) in [6, 6.07) is 16.7. The number of benzene rings is 2. The molecule has 0 unspecified atom stereocenters. The van der Waals surface area contributed by atoms with E-state index in [0.717, 1.165) is 12.0 Å². The van der Waals surface area contributed by atoms with Gasteiger partial charge in [-0.05, 0) is 66.4 Å². The molecule has 0 bridgehead atoms. The van der Waals surface area contributed by atoms with Gasteiger partial charge in [-0.1, -0.05) is 29.8 Å². The highest BCUT2D eigenvalue weighted by Gasteiger charge is 2.24. The van der Waals surface area contributed by atoms with Crippen molar-refractivity contribution in [2.45, 2.75) is 39.1 Å². The molecule has 1 aliphatic heterocycles. The zero-order valence-corrected chi connectivity index (χ0v) is 23.3. The number of hydrogen-bond acceptors (Lipinski definition) is 6. The number of carbonyl (C=O) groups is 1. The summed E-state index contributed by atoms with van der Waals surface area (Å²) in [5, 5.41) is 9.90. The number of rotatable bonds is 9. The van der Waals surface area contributed by atoms with Crippen LogP contribution in [0.5, 0.6) is 5.75 Å². The standard InChI is InChI=1S/C31H26ClFN4O5/c1-18-11-26-30(35-29(18)31(39)40)37(15-24-8-10-41-24)27(34-26)16-36-9-7-20(13-28(36)38)19-3-2-4-23(12-19)42-17-21-5-6-22(32)14-25(21)33/h2-7,9,11-14,24H,8,10,15-17H2,1H3,(H,39,40)/t24-/m0/s1. The van der Waals surface area contributed by atoms with Crippen molar-refractivity contribution in [3.05, 3.63) is 111 Å². The molecule has 1 fully saturated rings. The second-order valence-electron chi connectivity index (χ2n) is 10.2. The summed E-state index contributed by atoms with van der Waals surface area (Å²) in [5.74, 6) is -0.442. The molecule has 42 heavy (non-hydrogen) atoms. The van der Waals surface area contributed by atoms with Gasteiger partial charge in [0.25, 0.3) is 5.56 Å². The minimum Gasteiger partial charge on any atom is -0.489 e. The van der Waals surface area contributed by atoms with Crippen molar-refractivity contribution in [2.24, 2.45) is 0 Å². The molecule has 0 saturated carbocycles. The third-order valence-corrected chi connectivity index (χ3v) is 7.49. The van der Waals surface area contributed by atoms with Gasteiger partial charge < -0.3 is 23.7 Å². The molecule has 1 saturated heterocycles. The van der Waals surface area contributed by atoms with Crippen molar-refractivity contribution in [3.8, 4) is 16.9 Å². The highest BCUT2D eigenvalue weighted by Crippen LogP contribution is 2.26. The first-order chi connectivity index (χ1) is 20.2. The van der Waals surface area contributed by atoms with Crippen LogP contribution in [0.3, 0.4) is 0 Å². The number of aromatic carboxylic acids is 1. The van der Waals surface area contributed by atoms with E-state index in [2.05, 4.69) is 4.98 Å². The molecule has 0 aliphatic carbocycles. The van der Waals surface area contributed by atoms with Crippen LogP contribution in [0.2, 0.25) is 5.02 Å². The molecule has 4 heterocycles. The summed E-state index contributed by atoms with van der Waals surface area (Å²) < 4.78 is 28.9. The van der Waals surface area contributed by atoms with E-state index in [1.807, 2.05) is 16.7 Å². The van der Waals surface area contributed by atoms with E-state index in [-0.39, 0.29) is 30.5 Å². The number of aryl methyl sites for hydroxylation is 1. The lowest BCUT2D eigenvalue weighted by molar-refractivity contribution is -0.0591. The van der Waals surface area contributed by atoms with Gasteiger partial charge >= 0.3 is 5.97 Å². The molecule has 1 N–H and O–H groups in total. The van der Waals surface area contributed by atoms with Crippen molar-refractivity contribution in [1.82, 2.24) is 19.1 Å². The van der Waals surface area contributed by atoms with Crippen molar-refractivity contribution in [1.29, 1.82) is 0 Å². The highest BCUT2D eigenvalue weighted by atomic mass is 35.5. The predicted molar refractivity (Wildman–Crippen MR) is 155 cm³/mol. The molecule has 2 aromatic carbocycles. The molecule has 11 heteroatoms. The molecule has 9 nitrogen and oxygen atoms in total. The van der Waals surface area contributed by atoms with E-state index in [0.29, 0.717) is 57.6 Å². The Hall–Kier alpha value is -4.54. The fraction of sp³-hybridized carbons (Fsp3) is 0.226. The Labute approximate surface area is 244 Å². The van der Waals surface area contributed by atoms with Crippen LogP contribution in [-0.2, 0) is 24.4 Å². The van der Waals surface area contributed by atoms with E-state index in [1.165, 1.54) is 16.7 Å². The maximum atomic E-state index is 14.1. The number of halogens is 2. The molecular weight excluding hydrogens is 563 g/mol. The zero-order valence-electron chi connectivity index (χ0n) is 22.6. The molecule has 0 spiro atoms. The fourth-order valence-corrected chi connectivity index (χ4v) is 5.05. The second kappa shape index (κ2) is 11.4. The smallest absolute Gasteiger partial charge is 0.354 e. The molecule has 1 aliphatic rings. The van der Waals surface area contributed by atoms with Gasteiger partial charge in [0.2, 0.25) is 0 Å². The van der Waals surface area contributed by atoms with Gasteiger partial charge in [-0.25, -0.2) is 19.2 Å². The molecule has 3 aromatic heterocycles. The number of carboxylic acid groups (broad SMARTS) is 1. The summed E-state index contributed by atoms with van der Waals surface area (Å²) in [6.07, 6.45) is 2.55. The number of ether oxygens (including phenoxy) is 2. The van der Waals surface area contributed by atoms with Gasteiger partial charge in [0.15, 0.2) is 11.3 Å². The van der Waals surface area contributed by atoms with Gasteiger partial charge in [0, 0.05) is 29.5 Å². The molecule has 5 aromatic rings. The van der Waals surface area contributed by atoms with Crippen LogP contribution < -0.4 is 10.3 Å². The largest absolute Gasteiger partial charge is 0.489 e. The Balaban J connectivity index is 1.25. The topological polar surface area (TPSA) is 108 Å². The van der Waals surface area contributed by atoms with Gasteiger partial charge in [-0.15, -0.1) is 0 Å². The molecular formula is C31H26ClFN4O5. The summed E-state index contributed by atoms with van der Waals surface area (Å²) >= 11 is 5.83. The van der Waals surface area contributed by atoms with Gasteiger partial charge in [0.05, 0.1) is 19.2 Å². The first-order valence-electron chi connectivity index (χ1n) is 13.3. The van der Waals surface area contributed by atoms with Crippen LogP contribution in [0.15, 0.2) is 71.7 Å². The van der Waals surface area contributed by atoms with E-state index >= 15 is 0 Å². The Morgan fingerprint density at radius 3 is 2.67 bits per heavy atom. The maximum absolute atomic E-state index is 14.1. The van der Waals surface area contributed by atoms with Crippen LogP contribution in [0.1, 0.15) is 33.9 Å². The zero-order chi connectivity index (χ0) is 29.4.